The Bertz CT molecular complexity index is 1580. The van der Waals surface area contributed by atoms with Crippen molar-refractivity contribution < 1.29 is 14.1 Å². The van der Waals surface area contributed by atoms with Gasteiger partial charge in [0.2, 0.25) is 5.91 Å². The van der Waals surface area contributed by atoms with E-state index in [1.807, 2.05) is 24.8 Å². The first kappa shape index (κ1) is 23.9. The molecule has 0 radical (unpaired) electrons. The molecule has 0 spiro atoms. The number of thioether (sulfide) groups is 1. The molecule has 0 aliphatic carbocycles. The van der Waals surface area contributed by atoms with E-state index in [1.54, 1.807) is 31.0 Å². The summed E-state index contributed by atoms with van der Waals surface area (Å²) in [5.41, 5.74) is 6.56. The molecule has 2 aliphatic heterocycles. The van der Waals surface area contributed by atoms with Gasteiger partial charge in [-0.2, -0.15) is 0 Å². The van der Waals surface area contributed by atoms with E-state index in [9.17, 15) is 4.79 Å². The molecular weight excluding hydrogens is 508 g/mol. The van der Waals surface area contributed by atoms with Crippen LogP contribution in [0.2, 0.25) is 5.02 Å². The van der Waals surface area contributed by atoms with Crippen LogP contribution in [-0.4, -0.2) is 33.5 Å². The van der Waals surface area contributed by atoms with Gasteiger partial charge >= 0.3 is 0 Å². The molecule has 2 aromatic heterocycles. The van der Waals surface area contributed by atoms with E-state index in [1.165, 1.54) is 0 Å². The van der Waals surface area contributed by atoms with Crippen molar-refractivity contribution >= 4 is 51.7 Å². The van der Waals surface area contributed by atoms with Crippen LogP contribution in [-0.2, 0) is 4.79 Å². The minimum Gasteiger partial charge on any atom is -0.495 e. The molecule has 4 aromatic rings. The van der Waals surface area contributed by atoms with E-state index in [4.69, 9.17) is 25.8 Å². The highest BCUT2D eigenvalue weighted by molar-refractivity contribution is 8.02. The molecule has 7 nitrogen and oxygen atoms in total. The summed E-state index contributed by atoms with van der Waals surface area (Å²) in [7, 11) is 1.58. The van der Waals surface area contributed by atoms with Gasteiger partial charge in [-0.15, -0.1) is 11.8 Å². The van der Waals surface area contributed by atoms with Gasteiger partial charge in [-0.05, 0) is 67.6 Å². The highest BCUT2D eigenvalue weighted by Crippen LogP contribution is 2.42. The predicted octanol–water partition coefficient (Wildman–Crippen LogP) is 6.94. The van der Waals surface area contributed by atoms with Gasteiger partial charge in [0, 0.05) is 29.1 Å². The zero-order valence-electron chi connectivity index (χ0n) is 20.7. The number of halogens is 1. The fourth-order valence-electron chi connectivity index (χ4n) is 5.26. The van der Waals surface area contributed by atoms with Gasteiger partial charge in [-0.1, -0.05) is 28.9 Å². The van der Waals surface area contributed by atoms with Crippen LogP contribution < -0.4 is 9.64 Å². The third-order valence-electron chi connectivity index (χ3n) is 6.91. The molecule has 188 valence electrons. The Labute approximate surface area is 223 Å². The summed E-state index contributed by atoms with van der Waals surface area (Å²) in [6, 6.07) is 11.5. The SMILES string of the molecule is COc1ccc(N2C(=O)CC[C@H]2c2nc3cc(-c4c(C)noc4C)ccc3n2C2=CC=CSC2)cc1Cl. The van der Waals surface area contributed by atoms with Crippen LogP contribution >= 0.6 is 23.4 Å². The number of amides is 1. The average molecular weight is 533 g/mol. The Morgan fingerprint density at radius 3 is 2.76 bits per heavy atom. The van der Waals surface area contributed by atoms with Crippen LogP contribution in [0.15, 0.2) is 58.5 Å². The van der Waals surface area contributed by atoms with Crippen LogP contribution in [0.4, 0.5) is 5.69 Å². The number of aromatic nitrogens is 3. The third-order valence-corrected chi connectivity index (χ3v) is 8.02. The number of carbonyl (C=O) groups is 1. The van der Waals surface area contributed by atoms with Crippen molar-refractivity contribution in [1.82, 2.24) is 14.7 Å². The fraction of sp³-hybridized carbons (Fsp3) is 0.250. The number of fused-ring (bicyclic) bond motifs is 1. The van der Waals surface area contributed by atoms with Crippen molar-refractivity contribution in [3.05, 3.63) is 76.3 Å². The molecule has 4 heterocycles. The number of rotatable bonds is 5. The van der Waals surface area contributed by atoms with Gasteiger partial charge in [0.15, 0.2) is 0 Å². The number of methoxy groups -OCH3 is 1. The number of allylic oxidation sites excluding steroid dienone is 2. The zero-order chi connectivity index (χ0) is 25.7. The summed E-state index contributed by atoms with van der Waals surface area (Å²) in [4.78, 5) is 20.2. The summed E-state index contributed by atoms with van der Waals surface area (Å²) < 4.78 is 12.9. The molecule has 0 saturated carbocycles. The van der Waals surface area contributed by atoms with Crippen LogP contribution in [0.3, 0.4) is 0 Å². The molecule has 0 unspecified atom stereocenters. The van der Waals surface area contributed by atoms with E-state index >= 15 is 0 Å². The van der Waals surface area contributed by atoms with Gasteiger partial charge in [-0.3, -0.25) is 9.36 Å². The highest BCUT2D eigenvalue weighted by atomic mass is 35.5. The van der Waals surface area contributed by atoms with Crippen molar-refractivity contribution in [1.29, 1.82) is 0 Å². The second kappa shape index (κ2) is 9.43. The van der Waals surface area contributed by atoms with Crippen LogP contribution in [0.25, 0.3) is 27.9 Å². The summed E-state index contributed by atoms with van der Waals surface area (Å²) >= 11 is 8.18. The minimum atomic E-state index is -0.233. The normalized spacial score (nSPS) is 17.6. The number of nitrogens with zero attached hydrogens (tertiary/aromatic N) is 4. The molecule has 2 aliphatic rings. The molecule has 2 aromatic carbocycles. The number of carbonyl (C=O) groups excluding carboxylic acids is 1. The third kappa shape index (κ3) is 4.04. The summed E-state index contributed by atoms with van der Waals surface area (Å²) in [6.07, 6.45) is 5.28. The lowest BCUT2D eigenvalue weighted by Crippen LogP contribution is -2.29. The summed E-state index contributed by atoms with van der Waals surface area (Å²) in [6.45, 7) is 3.86. The Morgan fingerprint density at radius 1 is 1.19 bits per heavy atom. The number of aryl methyl sites for hydroxylation is 2. The summed E-state index contributed by atoms with van der Waals surface area (Å²) in [5.74, 6) is 3.05. The van der Waals surface area contributed by atoms with E-state index < -0.39 is 0 Å². The van der Waals surface area contributed by atoms with Crippen LogP contribution in [0.1, 0.15) is 36.2 Å². The van der Waals surface area contributed by atoms with Gasteiger partial charge in [0.25, 0.3) is 0 Å². The second-order valence-electron chi connectivity index (χ2n) is 9.14. The van der Waals surface area contributed by atoms with Gasteiger partial charge < -0.3 is 14.2 Å². The summed E-state index contributed by atoms with van der Waals surface area (Å²) in [5, 5.41) is 6.67. The van der Waals surface area contributed by atoms with E-state index in [-0.39, 0.29) is 11.9 Å². The van der Waals surface area contributed by atoms with E-state index in [0.29, 0.717) is 23.6 Å². The lowest BCUT2D eigenvalue weighted by Gasteiger charge is -2.26. The first-order valence-electron chi connectivity index (χ1n) is 12.0. The smallest absolute Gasteiger partial charge is 0.227 e. The maximum Gasteiger partial charge on any atom is 0.227 e. The fourth-order valence-corrected chi connectivity index (χ4v) is 6.19. The molecule has 1 saturated heterocycles. The first-order chi connectivity index (χ1) is 18.0. The Hall–Kier alpha value is -3.49. The molecule has 1 fully saturated rings. The number of anilines is 1. The molecule has 0 N–H and O–H groups in total. The maximum atomic E-state index is 13.2. The van der Waals surface area contributed by atoms with Crippen molar-refractivity contribution in [2.24, 2.45) is 0 Å². The second-order valence-corrected chi connectivity index (χ2v) is 10.4. The Balaban J connectivity index is 1.52. The number of imidazole rings is 1. The van der Waals surface area contributed by atoms with E-state index in [2.05, 4.69) is 45.5 Å². The molecule has 0 bridgehead atoms. The topological polar surface area (TPSA) is 73.4 Å². The van der Waals surface area contributed by atoms with E-state index in [0.717, 1.165) is 56.6 Å². The van der Waals surface area contributed by atoms with Gasteiger partial charge in [0.05, 0.1) is 34.9 Å². The number of benzene rings is 2. The molecule has 1 atom stereocenters. The largest absolute Gasteiger partial charge is 0.495 e. The van der Waals surface area contributed by atoms with Crippen molar-refractivity contribution in [3.63, 3.8) is 0 Å². The lowest BCUT2D eigenvalue weighted by molar-refractivity contribution is -0.117. The maximum absolute atomic E-state index is 13.2. The molecule has 6 rings (SSSR count). The molecule has 37 heavy (non-hydrogen) atoms. The Morgan fingerprint density at radius 2 is 2.05 bits per heavy atom. The average Bonchev–Trinajstić information content (AvgIpc) is 3.58. The van der Waals surface area contributed by atoms with Gasteiger partial charge in [0.1, 0.15) is 17.3 Å². The monoisotopic (exact) mass is 532 g/mol. The van der Waals surface area contributed by atoms with Crippen molar-refractivity contribution in [2.45, 2.75) is 32.7 Å². The van der Waals surface area contributed by atoms with Crippen LogP contribution in [0, 0.1) is 13.8 Å². The van der Waals surface area contributed by atoms with Crippen molar-refractivity contribution in [2.75, 3.05) is 17.8 Å². The quantitative estimate of drug-likeness (QED) is 0.277. The number of ether oxygens (including phenoxy) is 1. The van der Waals surface area contributed by atoms with Crippen LogP contribution in [0.5, 0.6) is 5.75 Å². The number of hydrogen-bond donors (Lipinski definition) is 0. The zero-order valence-corrected chi connectivity index (χ0v) is 22.3. The standard InChI is InChI=1S/C28H25ClN4O3S/c1-16-27(17(2)36-31-16)18-6-8-23-22(13-18)30-28(33(23)20-5-4-12-37-15-20)24-9-11-26(34)32(24)19-7-10-25(35-3)21(29)14-19/h4-8,10,12-14,24H,9,11,15H2,1-3H3/t24-/m0/s1. The predicted molar refractivity (Wildman–Crippen MR) is 148 cm³/mol. The number of hydrogen-bond acceptors (Lipinski definition) is 6. The molecular formula is C28H25ClN4O3S. The highest BCUT2D eigenvalue weighted by Gasteiger charge is 2.37. The minimum absolute atomic E-state index is 0.0492. The van der Waals surface area contributed by atoms with Crippen molar-refractivity contribution in [3.8, 4) is 16.9 Å². The van der Waals surface area contributed by atoms with Gasteiger partial charge in [-0.25, -0.2) is 4.98 Å². The first-order valence-corrected chi connectivity index (χ1v) is 13.5. The molecule has 9 heteroatoms. The lowest BCUT2D eigenvalue weighted by atomic mass is 10.0. The Kier molecular flexibility index (Phi) is 6.09. The molecule has 1 amide bonds.